The monoisotopic (exact) mass is 361 g/mol. The van der Waals surface area contributed by atoms with E-state index >= 15 is 0 Å². The van der Waals surface area contributed by atoms with E-state index in [9.17, 15) is 9.59 Å². The summed E-state index contributed by atoms with van der Waals surface area (Å²) in [5.74, 6) is -0.312. The Hall–Kier alpha value is -1.14. The Morgan fingerprint density at radius 1 is 1.40 bits per heavy atom. The molecule has 0 aliphatic heterocycles. The molecule has 1 aromatic rings. The van der Waals surface area contributed by atoms with Crippen LogP contribution in [0.5, 0.6) is 0 Å². The van der Waals surface area contributed by atoms with Gasteiger partial charge in [-0.2, -0.15) is 0 Å². The zero-order valence-electron chi connectivity index (χ0n) is 11.5. The second-order valence-corrected chi connectivity index (χ2v) is 6.10. The molecule has 5 nitrogen and oxygen atoms in total. The largest absolute Gasteiger partial charge is 0.354 e. The molecule has 1 rings (SSSR count). The van der Waals surface area contributed by atoms with Crippen LogP contribution in [0.4, 0.5) is 0 Å². The number of aromatic nitrogens is 1. The summed E-state index contributed by atoms with van der Waals surface area (Å²) in [6.45, 7) is 6.18. The standard InChI is InChI=1S/C13H17BrClN3O2/c1-7(2)5-17-12(19)8(3)18-13(20)10-4-9(14)6-16-11(10)15/h4,6-8H,5H2,1-3H3,(H,17,19)(H,18,20). The fraction of sp³-hybridized carbons (Fsp3) is 0.462. The zero-order chi connectivity index (χ0) is 15.3. The number of halogens is 2. The number of carbonyl (C=O) groups is 2. The van der Waals surface area contributed by atoms with Crippen molar-refractivity contribution in [1.29, 1.82) is 0 Å². The molecule has 1 unspecified atom stereocenters. The molecule has 0 aliphatic rings. The van der Waals surface area contributed by atoms with E-state index in [0.29, 0.717) is 16.9 Å². The second-order valence-electron chi connectivity index (χ2n) is 4.83. The second kappa shape index (κ2) is 7.59. The smallest absolute Gasteiger partial charge is 0.255 e. The number of hydrogen-bond donors (Lipinski definition) is 2. The van der Waals surface area contributed by atoms with Crippen molar-refractivity contribution in [3.05, 3.63) is 27.5 Å². The third-order valence-corrected chi connectivity index (χ3v) is 3.21. The van der Waals surface area contributed by atoms with E-state index in [-0.39, 0.29) is 16.6 Å². The molecule has 1 atom stereocenters. The van der Waals surface area contributed by atoms with E-state index in [1.165, 1.54) is 6.20 Å². The van der Waals surface area contributed by atoms with Gasteiger partial charge in [-0.3, -0.25) is 9.59 Å². The number of hydrogen-bond acceptors (Lipinski definition) is 3. The Kier molecular flexibility index (Phi) is 6.42. The lowest BCUT2D eigenvalue weighted by Crippen LogP contribution is -2.45. The van der Waals surface area contributed by atoms with Crippen LogP contribution in [0.15, 0.2) is 16.7 Å². The van der Waals surface area contributed by atoms with Gasteiger partial charge in [-0.15, -0.1) is 0 Å². The SMILES string of the molecule is CC(C)CNC(=O)C(C)NC(=O)c1cc(Br)cnc1Cl. The summed E-state index contributed by atoms with van der Waals surface area (Å²) >= 11 is 9.08. The first-order valence-electron chi connectivity index (χ1n) is 6.21. The molecular weight excluding hydrogens is 346 g/mol. The van der Waals surface area contributed by atoms with E-state index in [1.54, 1.807) is 13.0 Å². The summed E-state index contributed by atoms with van der Waals surface area (Å²) in [5.41, 5.74) is 0.226. The lowest BCUT2D eigenvalue weighted by molar-refractivity contribution is -0.122. The van der Waals surface area contributed by atoms with Gasteiger partial charge in [-0.1, -0.05) is 25.4 Å². The molecular formula is C13H17BrClN3O2. The summed E-state index contributed by atoms with van der Waals surface area (Å²) in [4.78, 5) is 27.7. The summed E-state index contributed by atoms with van der Waals surface area (Å²) in [7, 11) is 0. The first-order valence-corrected chi connectivity index (χ1v) is 7.38. The molecule has 0 aromatic carbocycles. The Balaban J connectivity index is 2.65. The van der Waals surface area contributed by atoms with E-state index in [4.69, 9.17) is 11.6 Å². The molecule has 0 spiro atoms. The third kappa shape index (κ3) is 5.09. The highest BCUT2D eigenvalue weighted by molar-refractivity contribution is 9.10. The Labute approximate surface area is 131 Å². The van der Waals surface area contributed by atoms with Crippen LogP contribution in [0, 0.1) is 5.92 Å². The number of nitrogens with zero attached hydrogens (tertiary/aromatic N) is 1. The van der Waals surface area contributed by atoms with Crippen molar-refractivity contribution >= 4 is 39.3 Å². The van der Waals surface area contributed by atoms with Crippen molar-refractivity contribution in [2.45, 2.75) is 26.8 Å². The zero-order valence-corrected chi connectivity index (χ0v) is 13.9. The van der Waals surface area contributed by atoms with Gasteiger partial charge in [-0.25, -0.2) is 4.98 Å². The van der Waals surface area contributed by atoms with Crippen LogP contribution in [0.1, 0.15) is 31.1 Å². The number of carbonyl (C=O) groups excluding carboxylic acids is 2. The van der Waals surface area contributed by atoms with Gasteiger partial charge in [0.25, 0.3) is 5.91 Å². The van der Waals surface area contributed by atoms with E-state index in [2.05, 4.69) is 31.5 Å². The van der Waals surface area contributed by atoms with E-state index < -0.39 is 11.9 Å². The molecule has 110 valence electrons. The lowest BCUT2D eigenvalue weighted by Gasteiger charge is -2.15. The first-order chi connectivity index (χ1) is 9.31. The number of amides is 2. The average molecular weight is 363 g/mol. The summed E-state index contributed by atoms with van der Waals surface area (Å²) in [6, 6.07) is 0.917. The molecule has 2 amide bonds. The van der Waals surface area contributed by atoms with Crippen LogP contribution >= 0.6 is 27.5 Å². The molecule has 2 N–H and O–H groups in total. The maximum atomic E-state index is 12.0. The molecule has 7 heteroatoms. The number of rotatable bonds is 5. The molecule has 0 bridgehead atoms. The fourth-order valence-corrected chi connectivity index (χ4v) is 1.90. The van der Waals surface area contributed by atoms with Gasteiger partial charge < -0.3 is 10.6 Å². The fourth-order valence-electron chi connectivity index (χ4n) is 1.38. The predicted octanol–water partition coefficient (Wildman–Crippen LogP) is 2.39. The molecule has 0 saturated heterocycles. The third-order valence-electron chi connectivity index (χ3n) is 2.48. The van der Waals surface area contributed by atoms with Crippen molar-refractivity contribution in [3.63, 3.8) is 0 Å². The Bertz CT molecular complexity index is 508. The van der Waals surface area contributed by atoms with Gasteiger partial charge in [0.05, 0.1) is 5.56 Å². The van der Waals surface area contributed by atoms with Crippen molar-refractivity contribution < 1.29 is 9.59 Å². The van der Waals surface area contributed by atoms with E-state index in [0.717, 1.165) is 0 Å². The van der Waals surface area contributed by atoms with Gasteiger partial charge in [0.2, 0.25) is 5.91 Å². The summed E-state index contributed by atoms with van der Waals surface area (Å²) in [5, 5.41) is 5.44. The maximum Gasteiger partial charge on any atom is 0.255 e. The van der Waals surface area contributed by atoms with Gasteiger partial charge in [0, 0.05) is 17.2 Å². The van der Waals surface area contributed by atoms with Gasteiger partial charge >= 0.3 is 0 Å². The minimum atomic E-state index is -0.642. The summed E-state index contributed by atoms with van der Waals surface area (Å²) < 4.78 is 0.643. The first kappa shape index (κ1) is 16.9. The topological polar surface area (TPSA) is 71.1 Å². The van der Waals surface area contributed by atoms with Crippen molar-refractivity contribution in [1.82, 2.24) is 15.6 Å². The van der Waals surface area contributed by atoms with Crippen LogP contribution in [-0.2, 0) is 4.79 Å². The van der Waals surface area contributed by atoms with Gasteiger partial charge in [0.1, 0.15) is 11.2 Å². The highest BCUT2D eigenvalue weighted by Gasteiger charge is 2.19. The Morgan fingerprint density at radius 3 is 2.65 bits per heavy atom. The molecule has 20 heavy (non-hydrogen) atoms. The normalized spacial score (nSPS) is 12.1. The molecule has 1 aromatic heterocycles. The Morgan fingerprint density at radius 2 is 2.05 bits per heavy atom. The van der Waals surface area contributed by atoms with Crippen LogP contribution in [0.2, 0.25) is 5.15 Å². The van der Waals surface area contributed by atoms with Gasteiger partial charge in [0.15, 0.2) is 0 Å². The highest BCUT2D eigenvalue weighted by atomic mass is 79.9. The van der Waals surface area contributed by atoms with Crippen LogP contribution in [0.25, 0.3) is 0 Å². The van der Waals surface area contributed by atoms with E-state index in [1.807, 2.05) is 13.8 Å². The number of nitrogens with one attached hydrogen (secondary N) is 2. The van der Waals surface area contributed by atoms with Crippen LogP contribution in [0.3, 0.4) is 0 Å². The quantitative estimate of drug-likeness (QED) is 0.790. The van der Waals surface area contributed by atoms with Crippen molar-refractivity contribution in [3.8, 4) is 0 Å². The minimum Gasteiger partial charge on any atom is -0.354 e. The minimum absolute atomic E-state index is 0.0977. The average Bonchev–Trinajstić information content (AvgIpc) is 2.38. The van der Waals surface area contributed by atoms with Crippen LogP contribution < -0.4 is 10.6 Å². The molecule has 0 saturated carbocycles. The predicted molar refractivity (Wildman–Crippen MR) is 81.7 cm³/mol. The molecule has 0 fully saturated rings. The molecule has 0 radical (unpaired) electrons. The summed E-state index contributed by atoms with van der Waals surface area (Å²) in [6.07, 6.45) is 1.50. The highest BCUT2D eigenvalue weighted by Crippen LogP contribution is 2.17. The molecule has 0 aliphatic carbocycles. The van der Waals surface area contributed by atoms with Crippen LogP contribution in [-0.4, -0.2) is 29.4 Å². The lowest BCUT2D eigenvalue weighted by atomic mass is 10.2. The van der Waals surface area contributed by atoms with Crippen molar-refractivity contribution in [2.24, 2.45) is 5.92 Å². The maximum absolute atomic E-state index is 12.0. The van der Waals surface area contributed by atoms with Crippen molar-refractivity contribution in [2.75, 3.05) is 6.54 Å². The molecule has 1 heterocycles. The van der Waals surface area contributed by atoms with Gasteiger partial charge in [-0.05, 0) is 34.8 Å². The number of pyridine rings is 1.